The third-order valence-electron chi connectivity index (χ3n) is 5.20. The number of anilines is 2. The van der Waals surface area contributed by atoms with E-state index in [2.05, 4.69) is 4.72 Å². The van der Waals surface area contributed by atoms with Crippen molar-refractivity contribution in [1.82, 2.24) is 9.13 Å². The van der Waals surface area contributed by atoms with E-state index >= 15 is 0 Å². The monoisotopic (exact) mass is 522 g/mol. The number of benzene rings is 2. The molecule has 0 radical (unpaired) electrons. The van der Waals surface area contributed by atoms with Crippen LogP contribution in [0.3, 0.4) is 0 Å². The fourth-order valence-corrected chi connectivity index (χ4v) is 4.26. The topological polar surface area (TPSA) is 160 Å². The molecule has 0 aliphatic rings. The molecule has 1 atom stereocenters. The van der Waals surface area contributed by atoms with Crippen molar-refractivity contribution in [1.29, 1.82) is 0 Å². The lowest BCUT2D eigenvalue weighted by molar-refractivity contribution is 0.0319. The smallest absolute Gasteiger partial charge is 0.340 e. The van der Waals surface area contributed by atoms with Crippen LogP contribution in [0.2, 0.25) is 0 Å². The largest absolute Gasteiger partial charge is 0.451 e. The van der Waals surface area contributed by atoms with Gasteiger partial charge in [0.25, 0.3) is 15.6 Å². The van der Waals surface area contributed by atoms with Crippen LogP contribution in [0.4, 0.5) is 20.3 Å². The summed E-state index contributed by atoms with van der Waals surface area (Å²) in [5, 5.41) is 0. The molecule has 0 aliphatic carbocycles. The summed E-state index contributed by atoms with van der Waals surface area (Å²) in [7, 11) is -2.05. The summed E-state index contributed by atoms with van der Waals surface area (Å²) in [5.41, 5.74) is 2.87. The van der Waals surface area contributed by atoms with E-state index in [0.29, 0.717) is 16.7 Å². The van der Waals surface area contributed by atoms with Crippen LogP contribution in [0, 0.1) is 11.6 Å². The first-order valence-corrected chi connectivity index (χ1v) is 11.6. The molecular formula is C22H20F2N4O7S. The van der Waals surface area contributed by atoms with E-state index in [1.165, 1.54) is 31.3 Å². The summed E-state index contributed by atoms with van der Waals surface area (Å²) in [5.74, 6) is -5.18. The summed E-state index contributed by atoms with van der Waals surface area (Å²) in [6.45, 7) is 1.16. The Morgan fingerprint density at radius 2 is 1.67 bits per heavy atom. The summed E-state index contributed by atoms with van der Waals surface area (Å²) in [6, 6.07) is 7.12. The van der Waals surface area contributed by atoms with E-state index in [1.807, 2.05) is 0 Å². The van der Waals surface area contributed by atoms with Crippen LogP contribution in [0.25, 0.3) is 0 Å². The highest BCUT2D eigenvalue weighted by Gasteiger charge is 2.29. The van der Waals surface area contributed by atoms with Gasteiger partial charge in [0.15, 0.2) is 17.7 Å². The van der Waals surface area contributed by atoms with Crippen molar-refractivity contribution in [2.45, 2.75) is 17.9 Å². The predicted octanol–water partition coefficient (Wildman–Crippen LogP) is 1.17. The van der Waals surface area contributed by atoms with Gasteiger partial charge in [0.1, 0.15) is 11.4 Å². The molecule has 0 spiro atoms. The average Bonchev–Trinajstić information content (AvgIpc) is 2.83. The number of nitrogens with one attached hydrogen (secondary N) is 1. The van der Waals surface area contributed by atoms with Gasteiger partial charge in [0.05, 0.1) is 16.1 Å². The molecule has 3 N–H and O–H groups in total. The van der Waals surface area contributed by atoms with Crippen molar-refractivity contribution >= 4 is 33.3 Å². The number of nitrogens with zero attached hydrogens (tertiary/aromatic N) is 2. The zero-order chi connectivity index (χ0) is 26.9. The number of carbonyl (C=O) groups is 2. The number of esters is 1. The van der Waals surface area contributed by atoms with Gasteiger partial charge >= 0.3 is 11.7 Å². The predicted molar refractivity (Wildman–Crippen MR) is 124 cm³/mol. The van der Waals surface area contributed by atoms with Crippen LogP contribution in [0.15, 0.2) is 56.9 Å². The quantitative estimate of drug-likeness (QED) is 0.346. The molecule has 190 valence electrons. The van der Waals surface area contributed by atoms with Crippen molar-refractivity contribution in [3.05, 3.63) is 86.1 Å². The number of ether oxygens (including phenoxy) is 1. The van der Waals surface area contributed by atoms with Crippen LogP contribution in [-0.2, 0) is 28.9 Å². The molecule has 0 unspecified atom stereocenters. The first-order valence-electron chi connectivity index (χ1n) is 10.1. The number of hydrogen-bond donors (Lipinski definition) is 2. The number of ketones is 1. The zero-order valence-electron chi connectivity index (χ0n) is 19.1. The lowest BCUT2D eigenvalue weighted by atomic mass is 10.1. The normalized spacial score (nSPS) is 12.1. The highest BCUT2D eigenvalue weighted by Crippen LogP contribution is 2.23. The van der Waals surface area contributed by atoms with E-state index in [-0.39, 0.29) is 11.3 Å². The first kappa shape index (κ1) is 26.3. The Bertz CT molecular complexity index is 1610. The van der Waals surface area contributed by atoms with E-state index < -0.39 is 67.0 Å². The molecule has 3 rings (SSSR count). The summed E-state index contributed by atoms with van der Waals surface area (Å²) < 4.78 is 60.8. The maximum absolute atomic E-state index is 13.5. The Morgan fingerprint density at radius 1 is 1.03 bits per heavy atom. The van der Waals surface area contributed by atoms with E-state index in [1.54, 1.807) is 0 Å². The lowest BCUT2D eigenvalue weighted by Gasteiger charge is -2.17. The summed E-state index contributed by atoms with van der Waals surface area (Å²) in [6.07, 6.45) is -1.55. The second-order valence-corrected chi connectivity index (χ2v) is 9.29. The number of aromatic nitrogens is 2. The maximum atomic E-state index is 13.5. The molecule has 0 saturated carbocycles. The van der Waals surface area contributed by atoms with Crippen molar-refractivity contribution in [3.63, 3.8) is 0 Å². The number of nitrogen functional groups attached to an aromatic ring is 1. The Kier molecular flexibility index (Phi) is 7.10. The minimum Gasteiger partial charge on any atom is -0.451 e. The van der Waals surface area contributed by atoms with Gasteiger partial charge in [-0.1, -0.05) is 12.1 Å². The molecule has 0 aliphatic heterocycles. The highest BCUT2D eigenvalue weighted by atomic mass is 32.2. The number of nitrogens with two attached hydrogens (primary N) is 1. The van der Waals surface area contributed by atoms with Crippen molar-refractivity contribution in [3.8, 4) is 0 Å². The first-order chi connectivity index (χ1) is 16.8. The average molecular weight is 522 g/mol. The van der Waals surface area contributed by atoms with E-state index in [4.69, 9.17) is 10.5 Å². The van der Waals surface area contributed by atoms with Crippen LogP contribution in [-0.4, -0.2) is 35.4 Å². The lowest BCUT2D eigenvalue weighted by Crippen LogP contribution is -2.43. The van der Waals surface area contributed by atoms with Crippen LogP contribution < -0.4 is 21.7 Å². The van der Waals surface area contributed by atoms with Gasteiger partial charge in [0, 0.05) is 14.1 Å². The molecule has 3 aromatic rings. The Balaban J connectivity index is 1.89. The summed E-state index contributed by atoms with van der Waals surface area (Å²) >= 11 is 0. The van der Waals surface area contributed by atoms with Gasteiger partial charge < -0.3 is 10.5 Å². The number of Topliss-reactive ketones (excluding diaryl/α,β-unsaturated/α-hetero) is 1. The fourth-order valence-electron chi connectivity index (χ4n) is 3.17. The van der Waals surface area contributed by atoms with Crippen LogP contribution in [0.1, 0.15) is 27.6 Å². The SMILES string of the molecule is C[C@@H](OC(=O)c1ccccc1NS(=O)(=O)c1ccc(F)c(F)c1)C(=O)c1c(N)n(C)c(=O)n(C)c1=O. The number of carbonyl (C=O) groups excluding carboxylic acids is 2. The van der Waals surface area contributed by atoms with E-state index in [0.717, 1.165) is 24.6 Å². The van der Waals surface area contributed by atoms with Gasteiger partial charge in [-0.15, -0.1) is 0 Å². The van der Waals surface area contributed by atoms with Gasteiger partial charge in [-0.25, -0.2) is 26.8 Å². The third kappa shape index (κ3) is 4.88. The zero-order valence-corrected chi connectivity index (χ0v) is 19.9. The van der Waals surface area contributed by atoms with Crippen LogP contribution in [0.5, 0.6) is 0 Å². The van der Waals surface area contributed by atoms with Crippen LogP contribution >= 0.6 is 0 Å². The molecule has 0 bridgehead atoms. The number of rotatable bonds is 7. The molecular weight excluding hydrogens is 502 g/mol. The molecule has 36 heavy (non-hydrogen) atoms. The molecule has 14 heteroatoms. The van der Waals surface area contributed by atoms with E-state index in [9.17, 15) is 36.4 Å². The maximum Gasteiger partial charge on any atom is 0.340 e. The number of para-hydroxylation sites is 1. The van der Waals surface area contributed by atoms with Gasteiger partial charge in [-0.2, -0.15) is 0 Å². The third-order valence-corrected chi connectivity index (χ3v) is 6.57. The van der Waals surface area contributed by atoms with Crippen molar-refractivity contribution in [2.75, 3.05) is 10.5 Å². The summed E-state index contributed by atoms with van der Waals surface area (Å²) in [4.78, 5) is 49.5. The molecule has 0 fully saturated rings. The Morgan fingerprint density at radius 3 is 2.31 bits per heavy atom. The molecule has 2 aromatic carbocycles. The fraction of sp³-hybridized carbons (Fsp3) is 0.182. The number of sulfonamides is 1. The highest BCUT2D eigenvalue weighted by molar-refractivity contribution is 7.92. The minimum absolute atomic E-state index is 0.274. The standard InChI is InChI=1S/C22H20F2N4O7S/c1-11(18(29)17-19(25)27(2)22(32)28(3)20(17)30)35-21(31)13-6-4-5-7-16(13)26-36(33,34)12-8-9-14(23)15(24)10-12/h4-11,26H,25H2,1-3H3/t11-/m1/s1. The molecule has 1 heterocycles. The Hall–Kier alpha value is -4.33. The minimum atomic E-state index is -4.45. The molecule has 11 nitrogen and oxygen atoms in total. The van der Waals surface area contributed by atoms with Crippen molar-refractivity contribution < 1.29 is 31.5 Å². The van der Waals surface area contributed by atoms with Gasteiger partial charge in [-0.05, 0) is 37.3 Å². The molecule has 0 saturated heterocycles. The Labute approximate surface area is 202 Å². The number of halogens is 2. The second kappa shape index (κ2) is 9.73. The van der Waals surface area contributed by atoms with Gasteiger partial charge in [-0.3, -0.25) is 23.4 Å². The molecule has 1 aromatic heterocycles. The second-order valence-electron chi connectivity index (χ2n) is 7.60. The van der Waals surface area contributed by atoms with Crippen molar-refractivity contribution in [2.24, 2.45) is 14.1 Å². The number of hydrogen-bond acceptors (Lipinski definition) is 8. The molecule has 0 amide bonds. The van der Waals surface area contributed by atoms with Gasteiger partial charge in [0.2, 0.25) is 5.78 Å².